The van der Waals surface area contributed by atoms with Crippen molar-refractivity contribution in [1.82, 2.24) is 0 Å². The first-order valence-corrected chi connectivity index (χ1v) is 5.83. The summed E-state index contributed by atoms with van der Waals surface area (Å²) in [5, 5.41) is 21.4. The van der Waals surface area contributed by atoms with Gasteiger partial charge in [0.15, 0.2) is 0 Å². The number of nitro benzene ring substituents is 2. The fraction of sp³-hybridized carbons (Fsp3) is 0.250. The van der Waals surface area contributed by atoms with Crippen LogP contribution in [0.15, 0.2) is 11.0 Å². The fourth-order valence-corrected chi connectivity index (χ4v) is 2.29. The van der Waals surface area contributed by atoms with Crippen LogP contribution in [0.4, 0.5) is 15.3 Å². The molecule has 0 aliphatic carbocycles. The van der Waals surface area contributed by atoms with Crippen LogP contribution < -0.4 is 0 Å². The minimum Gasteiger partial charge on any atom is -0.258 e. The van der Waals surface area contributed by atoms with Crippen LogP contribution in [-0.2, 0) is 10.2 Å². The molecule has 1 aromatic rings. The molecule has 18 heavy (non-hydrogen) atoms. The van der Waals surface area contributed by atoms with Gasteiger partial charge < -0.3 is 0 Å². The van der Waals surface area contributed by atoms with E-state index in [1.807, 2.05) is 0 Å². The Balaban J connectivity index is 3.90. The zero-order valence-electron chi connectivity index (χ0n) is 9.21. The molecule has 1 rings (SSSR count). The van der Waals surface area contributed by atoms with Crippen LogP contribution in [0.25, 0.3) is 0 Å². The second kappa shape index (κ2) is 4.29. The molecule has 8 nitrogen and oxygen atoms in total. The van der Waals surface area contributed by atoms with Gasteiger partial charge in [-0.25, -0.2) is 0 Å². The summed E-state index contributed by atoms with van der Waals surface area (Å²) in [4.78, 5) is 18.4. The average Bonchev–Trinajstić information content (AvgIpc) is 2.13. The molecule has 0 N–H and O–H groups in total. The summed E-state index contributed by atoms with van der Waals surface area (Å²) >= 11 is 0. The van der Waals surface area contributed by atoms with Gasteiger partial charge in [0, 0.05) is 11.6 Å². The van der Waals surface area contributed by atoms with E-state index in [2.05, 4.69) is 0 Å². The zero-order chi connectivity index (χ0) is 14.2. The van der Waals surface area contributed by atoms with E-state index < -0.39 is 41.9 Å². The summed E-state index contributed by atoms with van der Waals surface area (Å²) in [6.45, 7) is 2.11. The Bertz CT molecular complexity index is 654. The van der Waals surface area contributed by atoms with Crippen LogP contribution in [0.1, 0.15) is 11.1 Å². The third kappa shape index (κ3) is 2.27. The lowest BCUT2D eigenvalue weighted by Gasteiger charge is -2.05. The SMILES string of the molecule is Cc1c([N+](=O)[O-])cc(S(=O)(=O)F)c(C)c1[N+](=O)[O-]. The van der Waals surface area contributed by atoms with Crippen molar-refractivity contribution in [3.8, 4) is 0 Å². The number of hydrogen-bond acceptors (Lipinski definition) is 6. The maximum absolute atomic E-state index is 12.9. The summed E-state index contributed by atoms with van der Waals surface area (Å²) in [6, 6.07) is 0.479. The van der Waals surface area contributed by atoms with E-state index >= 15 is 0 Å². The number of rotatable bonds is 3. The third-order valence-corrected chi connectivity index (χ3v) is 3.32. The summed E-state index contributed by atoms with van der Waals surface area (Å²) in [5.41, 5.74) is -2.38. The molecule has 0 aliphatic heterocycles. The number of benzene rings is 1. The van der Waals surface area contributed by atoms with Crippen molar-refractivity contribution in [2.24, 2.45) is 0 Å². The Morgan fingerprint density at radius 1 is 1.11 bits per heavy atom. The molecule has 0 spiro atoms. The fourth-order valence-electron chi connectivity index (χ4n) is 1.58. The predicted molar refractivity (Wildman–Crippen MR) is 57.5 cm³/mol. The molecule has 0 radical (unpaired) electrons. The molecule has 0 amide bonds. The van der Waals surface area contributed by atoms with Crippen molar-refractivity contribution >= 4 is 21.6 Å². The van der Waals surface area contributed by atoms with Gasteiger partial charge >= 0.3 is 10.2 Å². The van der Waals surface area contributed by atoms with Crippen molar-refractivity contribution in [2.45, 2.75) is 18.7 Å². The maximum Gasteiger partial charge on any atom is 0.332 e. The molecule has 0 bridgehead atoms. The Morgan fingerprint density at radius 3 is 1.94 bits per heavy atom. The second-order valence-electron chi connectivity index (χ2n) is 3.44. The molecule has 10 heteroatoms. The molecule has 0 aromatic heterocycles. The standard InChI is InChI=1S/C8H7FN2O6S/c1-4-6(10(12)13)3-7(18(9,16)17)5(2)8(4)11(14)15/h3H,1-2H3. The van der Waals surface area contributed by atoms with Gasteiger partial charge in [0.1, 0.15) is 10.5 Å². The van der Waals surface area contributed by atoms with Gasteiger partial charge in [0.2, 0.25) is 0 Å². The summed E-state index contributed by atoms with van der Waals surface area (Å²) in [7, 11) is -5.27. The molecular formula is C8H7FN2O6S. The maximum atomic E-state index is 12.9. The van der Waals surface area contributed by atoms with Crippen molar-refractivity contribution in [3.63, 3.8) is 0 Å². The number of halogens is 1. The highest BCUT2D eigenvalue weighted by Crippen LogP contribution is 2.36. The Kier molecular flexibility index (Phi) is 3.33. The molecule has 0 fully saturated rings. The van der Waals surface area contributed by atoms with Gasteiger partial charge in [-0.15, -0.1) is 3.89 Å². The van der Waals surface area contributed by atoms with E-state index in [0.29, 0.717) is 6.07 Å². The van der Waals surface area contributed by atoms with E-state index in [1.165, 1.54) is 0 Å². The highest BCUT2D eigenvalue weighted by molar-refractivity contribution is 7.86. The smallest absolute Gasteiger partial charge is 0.258 e. The number of nitro groups is 2. The average molecular weight is 278 g/mol. The van der Waals surface area contributed by atoms with Crippen LogP contribution >= 0.6 is 0 Å². The topological polar surface area (TPSA) is 120 Å². The highest BCUT2D eigenvalue weighted by atomic mass is 32.3. The molecule has 0 saturated carbocycles. The molecule has 0 atom stereocenters. The molecule has 1 aromatic carbocycles. The number of nitrogens with zero attached hydrogens (tertiary/aromatic N) is 2. The minimum atomic E-state index is -5.27. The van der Waals surface area contributed by atoms with Gasteiger partial charge in [0.25, 0.3) is 11.4 Å². The van der Waals surface area contributed by atoms with Crippen molar-refractivity contribution in [3.05, 3.63) is 37.4 Å². The zero-order valence-corrected chi connectivity index (χ0v) is 10.0. The summed E-state index contributed by atoms with van der Waals surface area (Å²) < 4.78 is 34.5. The van der Waals surface area contributed by atoms with E-state index in [4.69, 9.17) is 0 Å². The van der Waals surface area contributed by atoms with Crippen LogP contribution in [0.5, 0.6) is 0 Å². The number of hydrogen-bond donors (Lipinski definition) is 0. The van der Waals surface area contributed by atoms with Crippen LogP contribution in [0.3, 0.4) is 0 Å². The Hall–Kier alpha value is -2.10. The van der Waals surface area contributed by atoms with Gasteiger partial charge in [-0.1, -0.05) is 0 Å². The van der Waals surface area contributed by atoms with Crippen LogP contribution in [0, 0.1) is 34.1 Å². The van der Waals surface area contributed by atoms with Crippen molar-refractivity contribution in [2.75, 3.05) is 0 Å². The minimum absolute atomic E-state index is 0.324. The molecule has 0 saturated heterocycles. The molecular weight excluding hydrogens is 271 g/mol. The van der Waals surface area contributed by atoms with Gasteiger partial charge in [-0.3, -0.25) is 20.2 Å². The van der Waals surface area contributed by atoms with E-state index in [1.54, 1.807) is 0 Å². The first kappa shape index (κ1) is 14.0. The Labute approximate surface area is 101 Å². The lowest BCUT2D eigenvalue weighted by molar-refractivity contribution is -0.396. The van der Waals surface area contributed by atoms with E-state index in [0.717, 1.165) is 13.8 Å². The highest BCUT2D eigenvalue weighted by Gasteiger charge is 2.31. The van der Waals surface area contributed by atoms with Crippen LogP contribution in [0.2, 0.25) is 0 Å². The lowest BCUT2D eigenvalue weighted by Crippen LogP contribution is -2.05. The quantitative estimate of drug-likeness (QED) is 0.472. The summed E-state index contributed by atoms with van der Waals surface area (Å²) in [6.07, 6.45) is 0. The lowest BCUT2D eigenvalue weighted by atomic mass is 10.1. The van der Waals surface area contributed by atoms with Gasteiger partial charge in [-0.05, 0) is 13.8 Å². The largest absolute Gasteiger partial charge is 0.332 e. The summed E-state index contributed by atoms with van der Waals surface area (Å²) in [5.74, 6) is 0. The first-order valence-electron chi connectivity index (χ1n) is 4.45. The second-order valence-corrected chi connectivity index (χ2v) is 4.76. The first-order chi connectivity index (χ1) is 8.07. The van der Waals surface area contributed by atoms with E-state index in [-0.39, 0.29) is 5.56 Å². The molecule has 98 valence electrons. The predicted octanol–water partition coefficient (Wildman–Crippen LogP) is 1.78. The van der Waals surface area contributed by atoms with Crippen LogP contribution in [-0.4, -0.2) is 18.3 Å². The molecule has 0 heterocycles. The van der Waals surface area contributed by atoms with Gasteiger partial charge in [-0.2, -0.15) is 8.42 Å². The van der Waals surface area contributed by atoms with Gasteiger partial charge in [0.05, 0.1) is 9.85 Å². The molecule has 0 unspecified atom stereocenters. The third-order valence-electron chi connectivity index (χ3n) is 2.37. The molecule has 0 aliphatic rings. The monoisotopic (exact) mass is 278 g/mol. The Morgan fingerprint density at radius 2 is 1.61 bits per heavy atom. The normalized spacial score (nSPS) is 11.3. The van der Waals surface area contributed by atoms with Crippen molar-refractivity contribution < 1.29 is 22.2 Å². The van der Waals surface area contributed by atoms with E-state index in [9.17, 15) is 32.5 Å². The van der Waals surface area contributed by atoms with Crippen molar-refractivity contribution in [1.29, 1.82) is 0 Å².